The van der Waals surface area contributed by atoms with E-state index < -0.39 is 28.9 Å². The first-order chi connectivity index (χ1) is 12.8. The van der Waals surface area contributed by atoms with E-state index in [-0.39, 0.29) is 22.2 Å². The van der Waals surface area contributed by atoms with Gasteiger partial charge in [-0.1, -0.05) is 39.0 Å². The largest absolute Gasteiger partial charge is 0.417 e. The fourth-order valence-corrected chi connectivity index (χ4v) is 2.78. The molecule has 3 aromatic rings. The summed E-state index contributed by atoms with van der Waals surface area (Å²) in [7, 11) is 0. The Bertz CT molecular complexity index is 1010. The fourth-order valence-electron chi connectivity index (χ4n) is 2.78. The summed E-state index contributed by atoms with van der Waals surface area (Å²) < 4.78 is 79.2. The first-order valence-corrected chi connectivity index (χ1v) is 8.34. The molecular formula is C20H16F6N2. The van der Waals surface area contributed by atoms with Crippen LogP contribution >= 0.6 is 0 Å². The van der Waals surface area contributed by atoms with Gasteiger partial charge < -0.3 is 0 Å². The molecule has 148 valence electrons. The van der Waals surface area contributed by atoms with Crippen molar-refractivity contribution in [3.05, 3.63) is 59.4 Å². The number of hydrogen-bond acceptors (Lipinski definition) is 2. The monoisotopic (exact) mass is 398 g/mol. The lowest BCUT2D eigenvalue weighted by Gasteiger charge is -2.20. The number of nitrogens with zero attached hydrogens (tertiary/aromatic N) is 2. The van der Waals surface area contributed by atoms with Gasteiger partial charge in [-0.05, 0) is 24.3 Å². The summed E-state index contributed by atoms with van der Waals surface area (Å²) in [6.07, 6.45) is -9.20. The van der Waals surface area contributed by atoms with Crippen molar-refractivity contribution >= 4 is 10.9 Å². The molecule has 0 unspecified atom stereocenters. The average Bonchev–Trinajstić information content (AvgIpc) is 2.58. The molecule has 0 atom stereocenters. The van der Waals surface area contributed by atoms with Crippen LogP contribution in [0.1, 0.15) is 37.7 Å². The Morgan fingerprint density at radius 1 is 0.714 bits per heavy atom. The minimum atomic E-state index is -4.66. The molecule has 8 heteroatoms. The van der Waals surface area contributed by atoms with E-state index in [1.807, 2.05) is 0 Å². The summed E-state index contributed by atoms with van der Waals surface area (Å²) in [6.45, 7) is 5.41. The van der Waals surface area contributed by atoms with Gasteiger partial charge in [0.2, 0.25) is 0 Å². The zero-order chi connectivity index (χ0) is 20.9. The minimum absolute atomic E-state index is 0.0448. The fraction of sp³-hybridized carbons (Fsp3) is 0.300. The number of fused-ring (bicyclic) bond motifs is 1. The van der Waals surface area contributed by atoms with Crippen LogP contribution in [-0.2, 0) is 17.8 Å². The van der Waals surface area contributed by atoms with Crippen molar-refractivity contribution in [2.75, 3.05) is 0 Å². The molecule has 0 fully saturated rings. The first-order valence-electron chi connectivity index (χ1n) is 8.34. The van der Waals surface area contributed by atoms with Crippen LogP contribution in [0.4, 0.5) is 26.3 Å². The van der Waals surface area contributed by atoms with Crippen LogP contribution in [0.15, 0.2) is 42.5 Å². The van der Waals surface area contributed by atoms with Gasteiger partial charge in [-0.3, -0.25) is 0 Å². The Labute approximate surface area is 157 Å². The summed E-state index contributed by atoms with van der Waals surface area (Å²) >= 11 is 0. The molecule has 3 rings (SSSR count). The highest BCUT2D eigenvalue weighted by Crippen LogP contribution is 2.40. The standard InChI is InChI=1S/C20H16F6N2/c1-18(2,3)17-27-14-6-4-5-13(20(24,25)26)15(14)16(28-17)11-7-9-12(10-8-11)19(21,22)23/h4-10H,1-3H3. The van der Waals surface area contributed by atoms with Crippen molar-refractivity contribution in [3.63, 3.8) is 0 Å². The number of rotatable bonds is 1. The van der Waals surface area contributed by atoms with E-state index in [0.29, 0.717) is 5.82 Å². The zero-order valence-electron chi connectivity index (χ0n) is 15.2. The lowest BCUT2D eigenvalue weighted by molar-refractivity contribution is -0.138. The Hall–Kier alpha value is -2.64. The quantitative estimate of drug-likeness (QED) is 0.430. The van der Waals surface area contributed by atoms with Crippen LogP contribution in [0.3, 0.4) is 0 Å². The number of alkyl halides is 6. The van der Waals surface area contributed by atoms with Gasteiger partial charge in [-0.2, -0.15) is 26.3 Å². The van der Waals surface area contributed by atoms with Crippen molar-refractivity contribution in [2.45, 2.75) is 38.5 Å². The summed E-state index contributed by atoms with van der Waals surface area (Å²) in [4.78, 5) is 8.59. The SMILES string of the molecule is CC(C)(C)c1nc(-c2ccc(C(F)(F)F)cc2)c2c(C(F)(F)F)cccc2n1. The van der Waals surface area contributed by atoms with Gasteiger partial charge in [0.25, 0.3) is 0 Å². The number of aromatic nitrogens is 2. The maximum Gasteiger partial charge on any atom is 0.417 e. The number of benzene rings is 2. The smallest absolute Gasteiger partial charge is 0.232 e. The van der Waals surface area contributed by atoms with E-state index in [4.69, 9.17) is 0 Å². The molecule has 1 heterocycles. The predicted octanol–water partition coefficient (Wildman–Crippen LogP) is 6.63. The topological polar surface area (TPSA) is 25.8 Å². The summed E-state index contributed by atoms with van der Waals surface area (Å²) in [5.41, 5.74) is -2.19. The predicted molar refractivity (Wildman–Crippen MR) is 93.7 cm³/mol. The normalized spacial score (nSPS) is 13.2. The van der Waals surface area contributed by atoms with Gasteiger partial charge in [0.15, 0.2) is 0 Å². The molecule has 0 aliphatic heterocycles. The Balaban J connectivity index is 2.35. The Morgan fingerprint density at radius 2 is 1.32 bits per heavy atom. The molecule has 2 aromatic carbocycles. The highest BCUT2D eigenvalue weighted by atomic mass is 19.4. The Kier molecular flexibility index (Phi) is 4.64. The van der Waals surface area contributed by atoms with E-state index in [2.05, 4.69) is 9.97 Å². The second-order valence-corrected chi connectivity index (χ2v) is 7.42. The van der Waals surface area contributed by atoms with Crippen LogP contribution in [0.5, 0.6) is 0 Å². The summed E-state index contributed by atoms with van der Waals surface area (Å²) in [5.74, 6) is 0.300. The molecule has 0 bridgehead atoms. The molecule has 0 saturated carbocycles. The molecule has 1 aromatic heterocycles. The van der Waals surface area contributed by atoms with Gasteiger partial charge >= 0.3 is 12.4 Å². The number of hydrogen-bond donors (Lipinski definition) is 0. The third-order valence-electron chi connectivity index (χ3n) is 4.19. The highest BCUT2D eigenvalue weighted by Gasteiger charge is 2.35. The molecule has 0 aliphatic rings. The van der Waals surface area contributed by atoms with Gasteiger partial charge in [-0.25, -0.2) is 9.97 Å². The maximum absolute atomic E-state index is 13.6. The molecule has 0 radical (unpaired) electrons. The van der Waals surface area contributed by atoms with Crippen molar-refractivity contribution in [1.82, 2.24) is 9.97 Å². The van der Waals surface area contributed by atoms with Gasteiger partial charge in [0.05, 0.1) is 22.3 Å². The summed E-state index contributed by atoms with van der Waals surface area (Å²) in [5, 5.41) is -0.234. The number of halogens is 6. The second kappa shape index (κ2) is 6.46. The zero-order valence-corrected chi connectivity index (χ0v) is 15.2. The second-order valence-electron chi connectivity index (χ2n) is 7.42. The lowest BCUT2D eigenvalue weighted by Crippen LogP contribution is -2.17. The van der Waals surface area contributed by atoms with Crippen LogP contribution in [0.2, 0.25) is 0 Å². The van der Waals surface area contributed by atoms with Gasteiger partial charge in [0, 0.05) is 16.4 Å². The van der Waals surface area contributed by atoms with Crippen molar-refractivity contribution in [3.8, 4) is 11.3 Å². The molecule has 28 heavy (non-hydrogen) atoms. The molecule has 0 amide bonds. The van der Waals surface area contributed by atoms with Crippen LogP contribution in [-0.4, -0.2) is 9.97 Å². The Morgan fingerprint density at radius 3 is 1.82 bits per heavy atom. The van der Waals surface area contributed by atoms with E-state index in [9.17, 15) is 26.3 Å². The van der Waals surface area contributed by atoms with Crippen molar-refractivity contribution < 1.29 is 26.3 Å². The molecule has 2 nitrogen and oxygen atoms in total. The van der Waals surface area contributed by atoms with E-state index in [1.165, 1.54) is 12.1 Å². The maximum atomic E-state index is 13.6. The molecule has 0 saturated heterocycles. The van der Waals surface area contributed by atoms with Gasteiger partial charge in [-0.15, -0.1) is 0 Å². The van der Waals surface area contributed by atoms with Crippen LogP contribution < -0.4 is 0 Å². The van der Waals surface area contributed by atoms with Crippen LogP contribution in [0, 0.1) is 0 Å². The third-order valence-corrected chi connectivity index (χ3v) is 4.19. The summed E-state index contributed by atoms with van der Waals surface area (Å²) in [6, 6.07) is 7.52. The van der Waals surface area contributed by atoms with E-state index in [1.54, 1.807) is 20.8 Å². The van der Waals surface area contributed by atoms with Gasteiger partial charge in [0.1, 0.15) is 5.82 Å². The minimum Gasteiger partial charge on any atom is -0.232 e. The van der Waals surface area contributed by atoms with Crippen LogP contribution in [0.25, 0.3) is 22.2 Å². The third kappa shape index (κ3) is 3.81. The average molecular weight is 398 g/mol. The molecular weight excluding hydrogens is 382 g/mol. The van der Waals surface area contributed by atoms with E-state index >= 15 is 0 Å². The highest BCUT2D eigenvalue weighted by molar-refractivity contribution is 5.95. The first kappa shape index (κ1) is 20.1. The van der Waals surface area contributed by atoms with Crippen molar-refractivity contribution in [2.24, 2.45) is 0 Å². The molecule has 0 aliphatic carbocycles. The molecule has 0 N–H and O–H groups in total. The molecule has 0 spiro atoms. The van der Waals surface area contributed by atoms with E-state index in [0.717, 1.165) is 30.3 Å². The van der Waals surface area contributed by atoms with Crippen molar-refractivity contribution in [1.29, 1.82) is 0 Å². The lowest BCUT2D eigenvalue weighted by atomic mass is 9.93.